The average Bonchev–Trinajstić information content (AvgIpc) is 3.20. The lowest BCUT2D eigenvalue weighted by molar-refractivity contribution is 0.146. The van der Waals surface area contributed by atoms with Gasteiger partial charge in [0.25, 0.3) is 6.43 Å². The van der Waals surface area contributed by atoms with E-state index in [9.17, 15) is 17.4 Å². The van der Waals surface area contributed by atoms with Crippen molar-refractivity contribution in [2.24, 2.45) is 4.36 Å². The van der Waals surface area contributed by atoms with E-state index in [4.69, 9.17) is 9.47 Å². The van der Waals surface area contributed by atoms with Gasteiger partial charge < -0.3 is 14.8 Å². The van der Waals surface area contributed by atoms with Crippen LogP contribution in [0.1, 0.15) is 36.9 Å². The average molecular weight is 494 g/mol. The highest BCUT2D eigenvalue weighted by atomic mass is 32.2. The minimum Gasteiger partial charge on any atom is -0.493 e. The molecule has 0 saturated carbocycles. The second-order valence-electron chi connectivity index (χ2n) is 8.15. The lowest BCUT2D eigenvalue weighted by Gasteiger charge is -2.20. The van der Waals surface area contributed by atoms with Crippen LogP contribution in [-0.2, 0) is 9.73 Å². The van der Waals surface area contributed by atoms with Gasteiger partial charge in [-0.25, -0.2) is 21.7 Å². The van der Waals surface area contributed by atoms with E-state index in [1.54, 1.807) is 38.4 Å². The Balaban J connectivity index is 1.67. The van der Waals surface area contributed by atoms with Crippen molar-refractivity contribution in [1.29, 1.82) is 0 Å². The van der Waals surface area contributed by atoms with Crippen molar-refractivity contribution < 1.29 is 26.9 Å². The number of hydrogen-bond acceptors (Lipinski definition) is 6. The normalized spacial score (nSPS) is 21.0. The van der Waals surface area contributed by atoms with Crippen LogP contribution in [0.15, 0.2) is 47.0 Å². The minimum atomic E-state index is -2.90. The number of alkyl halides is 2. The Bertz CT molecular complexity index is 1330. The summed E-state index contributed by atoms with van der Waals surface area (Å²) in [4.78, 5) is 4.38. The summed E-state index contributed by atoms with van der Waals surface area (Å²) in [5.74, 6) is 0.855. The zero-order valence-corrected chi connectivity index (χ0v) is 19.9. The third-order valence-corrected chi connectivity index (χ3v) is 8.42. The number of nitrogens with one attached hydrogen (secondary N) is 1. The largest absolute Gasteiger partial charge is 0.493 e. The van der Waals surface area contributed by atoms with Gasteiger partial charge in [-0.2, -0.15) is 0 Å². The highest BCUT2D eigenvalue weighted by Gasteiger charge is 2.28. The zero-order valence-electron chi connectivity index (χ0n) is 19.1. The van der Waals surface area contributed by atoms with E-state index in [2.05, 4.69) is 14.7 Å². The van der Waals surface area contributed by atoms with Gasteiger partial charge in [0.1, 0.15) is 11.9 Å². The van der Waals surface area contributed by atoms with Crippen LogP contribution < -0.4 is 14.8 Å². The fourth-order valence-corrected chi connectivity index (χ4v) is 6.07. The van der Waals surface area contributed by atoms with Gasteiger partial charge in [0.05, 0.1) is 39.7 Å². The number of benzene rings is 2. The van der Waals surface area contributed by atoms with Gasteiger partial charge in [-0.05, 0) is 25.5 Å². The molecule has 2 heterocycles. The maximum Gasteiger partial charge on any atom is 0.266 e. The molecule has 34 heavy (non-hydrogen) atoms. The number of rotatable bonds is 7. The first-order chi connectivity index (χ1) is 16.2. The molecule has 0 amide bonds. The number of ether oxygens (including phenoxy) is 2. The standard InChI is InChI=1S/C24H26F3N3O3S/c1-14(16-5-4-6-17(23(16)25)24(26)27)30-19-7-9-29-20-12-21(32-3)22(11-18(19)20)33-15-8-10-34(31,13-15)28-2/h4-7,9,11-12,14-15,24H,8,10,13H2,1-3H3,(H,29,30)/t14-,15+,34?/m1/s1. The van der Waals surface area contributed by atoms with Crippen LogP contribution in [0.4, 0.5) is 18.9 Å². The number of pyridine rings is 1. The highest BCUT2D eigenvalue weighted by molar-refractivity contribution is 7.93. The molecule has 1 aromatic heterocycles. The number of methoxy groups -OCH3 is 1. The fraction of sp³-hybridized carbons (Fsp3) is 0.375. The van der Waals surface area contributed by atoms with Gasteiger partial charge >= 0.3 is 0 Å². The second kappa shape index (κ2) is 9.69. The summed E-state index contributed by atoms with van der Waals surface area (Å²) in [6, 6.07) is 8.61. The second-order valence-corrected chi connectivity index (χ2v) is 10.8. The van der Waals surface area contributed by atoms with Crippen molar-refractivity contribution in [1.82, 2.24) is 4.98 Å². The zero-order chi connectivity index (χ0) is 24.5. The summed E-state index contributed by atoms with van der Waals surface area (Å²) >= 11 is 0. The molecule has 0 aliphatic carbocycles. The molecule has 1 aliphatic heterocycles. The molecule has 3 atom stereocenters. The highest BCUT2D eigenvalue weighted by Crippen LogP contribution is 2.37. The minimum absolute atomic E-state index is 0.136. The number of hydrogen-bond donors (Lipinski definition) is 1. The maximum absolute atomic E-state index is 14.7. The summed E-state index contributed by atoms with van der Waals surface area (Å²) < 4.78 is 69.2. The van der Waals surface area contributed by atoms with E-state index < -0.39 is 33.6 Å². The Morgan fingerprint density at radius 2 is 1.97 bits per heavy atom. The van der Waals surface area contributed by atoms with Crippen molar-refractivity contribution in [3.8, 4) is 11.5 Å². The SMILES string of the molecule is CN=S1(=O)CC[C@H](Oc2cc3c(N[C@H](C)c4cccc(C(F)F)c4F)ccnc3cc2OC)C1. The molecule has 2 aromatic carbocycles. The van der Waals surface area contributed by atoms with Gasteiger partial charge in [0, 0.05) is 41.7 Å². The van der Waals surface area contributed by atoms with Gasteiger partial charge in [0.15, 0.2) is 11.5 Å². The van der Waals surface area contributed by atoms with E-state index in [1.807, 2.05) is 0 Å². The van der Waals surface area contributed by atoms with Crippen LogP contribution >= 0.6 is 0 Å². The van der Waals surface area contributed by atoms with Crippen LogP contribution in [0.2, 0.25) is 0 Å². The van der Waals surface area contributed by atoms with Crippen molar-refractivity contribution in [2.45, 2.75) is 31.9 Å². The van der Waals surface area contributed by atoms with Crippen molar-refractivity contribution in [3.05, 3.63) is 59.5 Å². The van der Waals surface area contributed by atoms with Crippen molar-refractivity contribution >= 4 is 26.3 Å². The lowest BCUT2D eigenvalue weighted by Crippen LogP contribution is -2.18. The van der Waals surface area contributed by atoms with Crippen LogP contribution in [-0.4, -0.2) is 41.0 Å². The summed E-state index contributed by atoms with van der Waals surface area (Å²) in [6.07, 6.45) is -0.947. The van der Waals surface area contributed by atoms with Crippen molar-refractivity contribution in [2.75, 3.05) is 31.0 Å². The van der Waals surface area contributed by atoms with Crippen LogP contribution in [0.5, 0.6) is 11.5 Å². The number of nitrogens with zero attached hydrogens (tertiary/aromatic N) is 2. The smallest absolute Gasteiger partial charge is 0.266 e. The molecule has 3 aromatic rings. The Labute approximate surface area is 196 Å². The first kappa shape index (κ1) is 24.1. The first-order valence-electron chi connectivity index (χ1n) is 10.8. The molecule has 0 spiro atoms. The van der Waals surface area contributed by atoms with Crippen LogP contribution in [0.25, 0.3) is 10.9 Å². The molecule has 182 valence electrons. The fourth-order valence-electron chi connectivity index (χ4n) is 4.12. The molecule has 1 aliphatic rings. The Hall–Kier alpha value is -3.01. The molecule has 1 N–H and O–H groups in total. The predicted octanol–water partition coefficient (Wildman–Crippen LogP) is 5.74. The monoisotopic (exact) mass is 493 g/mol. The third kappa shape index (κ3) is 4.77. The van der Waals surface area contributed by atoms with Crippen molar-refractivity contribution in [3.63, 3.8) is 0 Å². The lowest BCUT2D eigenvalue weighted by atomic mass is 10.0. The first-order valence-corrected chi connectivity index (χ1v) is 12.7. The maximum atomic E-state index is 14.7. The molecule has 0 bridgehead atoms. The molecule has 10 heteroatoms. The summed E-state index contributed by atoms with van der Waals surface area (Å²) in [5.41, 5.74) is 0.752. The van der Waals surface area contributed by atoms with E-state index in [0.29, 0.717) is 46.0 Å². The van der Waals surface area contributed by atoms with E-state index in [-0.39, 0.29) is 11.7 Å². The third-order valence-electron chi connectivity index (χ3n) is 5.99. The molecular weight excluding hydrogens is 467 g/mol. The van der Waals surface area contributed by atoms with Gasteiger partial charge in [-0.15, -0.1) is 0 Å². The molecule has 1 fully saturated rings. The topological polar surface area (TPSA) is 72.8 Å². The van der Waals surface area contributed by atoms with Gasteiger partial charge in [-0.1, -0.05) is 18.2 Å². The summed E-state index contributed by atoms with van der Waals surface area (Å²) in [6.45, 7) is 1.70. The van der Waals surface area contributed by atoms with Gasteiger partial charge in [-0.3, -0.25) is 4.98 Å². The molecule has 1 saturated heterocycles. The van der Waals surface area contributed by atoms with Crippen LogP contribution in [0, 0.1) is 5.82 Å². The number of aromatic nitrogens is 1. The predicted molar refractivity (Wildman–Crippen MR) is 127 cm³/mol. The quantitative estimate of drug-likeness (QED) is 0.454. The van der Waals surface area contributed by atoms with E-state index >= 15 is 0 Å². The molecular formula is C24H26F3N3O3S. The number of fused-ring (bicyclic) bond motifs is 1. The summed E-state index contributed by atoms with van der Waals surface area (Å²) in [5, 5.41) is 3.90. The Morgan fingerprint density at radius 3 is 2.65 bits per heavy atom. The molecule has 6 nitrogen and oxygen atoms in total. The van der Waals surface area contributed by atoms with E-state index in [0.717, 1.165) is 6.07 Å². The molecule has 1 unspecified atom stereocenters. The Kier molecular flexibility index (Phi) is 6.88. The summed E-state index contributed by atoms with van der Waals surface area (Å²) in [7, 11) is 0.839. The molecule has 0 radical (unpaired) electrons. The Morgan fingerprint density at radius 1 is 1.21 bits per heavy atom. The molecule has 4 rings (SSSR count). The number of halogens is 3. The number of anilines is 1. The van der Waals surface area contributed by atoms with E-state index in [1.165, 1.54) is 19.2 Å². The van der Waals surface area contributed by atoms with Crippen LogP contribution in [0.3, 0.4) is 0 Å². The van der Waals surface area contributed by atoms with Gasteiger partial charge in [0.2, 0.25) is 0 Å².